The van der Waals surface area contributed by atoms with E-state index in [0.717, 1.165) is 12.8 Å². The Labute approximate surface area is 89.3 Å². The average molecular weight is 220 g/mol. The van der Waals surface area contributed by atoms with Gasteiger partial charge in [-0.3, -0.25) is 0 Å². The summed E-state index contributed by atoms with van der Waals surface area (Å²) in [6.07, 6.45) is -1.01. The predicted octanol–water partition coefficient (Wildman–Crippen LogP) is -0.632. The topological polar surface area (TPSA) is 90.2 Å². The molecule has 0 spiro atoms. The molecule has 5 nitrogen and oxygen atoms in total. The van der Waals surface area contributed by atoms with E-state index in [1.807, 2.05) is 6.92 Å². The van der Waals surface area contributed by atoms with Crippen LogP contribution < -0.4 is 0 Å². The van der Waals surface area contributed by atoms with E-state index >= 15 is 0 Å². The fourth-order valence-electron chi connectivity index (χ4n) is 1.74. The summed E-state index contributed by atoms with van der Waals surface area (Å²) in [6, 6.07) is 0. The van der Waals surface area contributed by atoms with Crippen molar-refractivity contribution in [3.05, 3.63) is 0 Å². The van der Waals surface area contributed by atoms with Crippen LogP contribution in [-0.2, 0) is 4.74 Å². The van der Waals surface area contributed by atoms with Gasteiger partial charge in [-0.25, -0.2) is 0 Å². The third-order valence-corrected chi connectivity index (χ3v) is 2.82. The van der Waals surface area contributed by atoms with E-state index in [4.69, 9.17) is 4.74 Å². The van der Waals surface area contributed by atoms with Crippen LogP contribution in [0.1, 0.15) is 32.6 Å². The zero-order valence-corrected chi connectivity index (χ0v) is 8.96. The summed E-state index contributed by atoms with van der Waals surface area (Å²) in [7, 11) is 0. The lowest BCUT2D eigenvalue weighted by molar-refractivity contribution is -0.323. The molecule has 0 amide bonds. The number of aliphatic hydroxyl groups is 4. The third kappa shape index (κ3) is 2.89. The van der Waals surface area contributed by atoms with Crippen LogP contribution in [0.15, 0.2) is 0 Å². The first-order valence-electron chi connectivity index (χ1n) is 5.42. The van der Waals surface area contributed by atoms with Gasteiger partial charge in [0.05, 0.1) is 6.61 Å². The van der Waals surface area contributed by atoms with Gasteiger partial charge in [-0.1, -0.05) is 19.8 Å². The van der Waals surface area contributed by atoms with Gasteiger partial charge >= 0.3 is 0 Å². The summed E-state index contributed by atoms with van der Waals surface area (Å²) < 4.78 is 5.00. The van der Waals surface area contributed by atoms with Gasteiger partial charge in [-0.05, 0) is 6.42 Å². The van der Waals surface area contributed by atoms with Crippen LogP contribution in [0.25, 0.3) is 0 Å². The maximum absolute atomic E-state index is 9.91. The van der Waals surface area contributed by atoms with Crippen molar-refractivity contribution in [3.8, 4) is 0 Å². The Hall–Kier alpha value is -0.200. The van der Waals surface area contributed by atoms with Crippen molar-refractivity contribution in [1.29, 1.82) is 0 Å². The molecule has 1 aliphatic heterocycles. The molecule has 4 N–H and O–H groups in total. The summed E-state index contributed by atoms with van der Waals surface area (Å²) in [5, 5.41) is 38.1. The molecule has 1 heterocycles. The standard InChI is InChI=1S/C10H20O5/c1-2-3-4-5-10(14)9(13)8(12)7(11)6-15-10/h7-9,11-14H,2-6H2,1H3/t7-,8+,9-,10?/m1/s1. The van der Waals surface area contributed by atoms with E-state index in [0.29, 0.717) is 6.42 Å². The minimum Gasteiger partial charge on any atom is -0.388 e. The molecule has 0 aliphatic carbocycles. The van der Waals surface area contributed by atoms with E-state index in [1.54, 1.807) is 0 Å². The molecule has 0 aromatic carbocycles. The summed E-state index contributed by atoms with van der Waals surface area (Å²) in [5.41, 5.74) is 0. The van der Waals surface area contributed by atoms with Gasteiger partial charge < -0.3 is 25.2 Å². The molecule has 1 unspecified atom stereocenters. The van der Waals surface area contributed by atoms with Crippen LogP contribution in [0.4, 0.5) is 0 Å². The normalized spacial score (nSPS) is 41.8. The Balaban J connectivity index is 2.51. The second-order valence-corrected chi connectivity index (χ2v) is 4.12. The maximum Gasteiger partial charge on any atom is 0.194 e. The summed E-state index contributed by atoms with van der Waals surface area (Å²) >= 11 is 0. The minimum atomic E-state index is -1.71. The minimum absolute atomic E-state index is 0.152. The fraction of sp³-hybridized carbons (Fsp3) is 1.00. The molecule has 1 fully saturated rings. The lowest BCUT2D eigenvalue weighted by Gasteiger charge is -2.41. The Morgan fingerprint density at radius 2 is 1.93 bits per heavy atom. The van der Waals surface area contributed by atoms with Crippen LogP contribution in [0.2, 0.25) is 0 Å². The van der Waals surface area contributed by atoms with E-state index in [9.17, 15) is 20.4 Å². The van der Waals surface area contributed by atoms with Gasteiger partial charge in [0.2, 0.25) is 0 Å². The lowest BCUT2D eigenvalue weighted by atomic mass is 9.93. The Kier molecular flexibility index (Phi) is 4.48. The van der Waals surface area contributed by atoms with Gasteiger partial charge in [0, 0.05) is 6.42 Å². The predicted molar refractivity (Wildman–Crippen MR) is 53.1 cm³/mol. The fourth-order valence-corrected chi connectivity index (χ4v) is 1.74. The molecule has 0 aromatic rings. The third-order valence-electron chi connectivity index (χ3n) is 2.82. The Morgan fingerprint density at radius 3 is 2.53 bits per heavy atom. The average Bonchev–Trinajstić information content (AvgIpc) is 2.22. The molecule has 90 valence electrons. The number of unbranched alkanes of at least 4 members (excludes halogenated alkanes) is 2. The molecule has 0 saturated carbocycles. The quantitative estimate of drug-likeness (QED) is 0.474. The van der Waals surface area contributed by atoms with Crippen molar-refractivity contribution in [3.63, 3.8) is 0 Å². The largest absolute Gasteiger partial charge is 0.388 e. The van der Waals surface area contributed by atoms with Crippen molar-refractivity contribution in [2.75, 3.05) is 6.61 Å². The van der Waals surface area contributed by atoms with Crippen LogP contribution in [-0.4, -0.2) is 51.1 Å². The number of aliphatic hydroxyl groups excluding tert-OH is 3. The monoisotopic (exact) mass is 220 g/mol. The van der Waals surface area contributed by atoms with Crippen LogP contribution in [0.3, 0.4) is 0 Å². The van der Waals surface area contributed by atoms with Crippen molar-refractivity contribution < 1.29 is 25.2 Å². The molecule has 1 aliphatic rings. The maximum atomic E-state index is 9.91. The second kappa shape index (κ2) is 5.23. The highest BCUT2D eigenvalue weighted by atomic mass is 16.6. The summed E-state index contributed by atoms with van der Waals surface area (Å²) in [6.45, 7) is 1.88. The van der Waals surface area contributed by atoms with Gasteiger partial charge in [0.25, 0.3) is 0 Å². The first-order valence-corrected chi connectivity index (χ1v) is 5.42. The molecule has 4 atom stereocenters. The van der Waals surface area contributed by atoms with E-state index < -0.39 is 24.1 Å². The number of ether oxygens (including phenoxy) is 1. The number of hydrogen-bond acceptors (Lipinski definition) is 5. The molecule has 5 heteroatoms. The first kappa shape index (κ1) is 12.9. The zero-order valence-electron chi connectivity index (χ0n) is 8.96. The second-order valence-electron chi connectivity index (χ2n) is 4.12. The molecular weight excluding hydrogens is 200 g/mol. The zero-order chi connectivity index (χ0) is 11.5. The van der Waals surface area contributed by atoms with Gasteiger partial charge in [-0.15, -0.1) is 0 Å². The molecule has 0 bridgehead atoms. The summed E-state index contributed by atoms with van der Waals surface area (Å²) in [5.74, 6) is -1.71. The van der Waals surface area contributed by atoms with Gasteiger partial charge in [-0.2, -0.15) is 0 Å². The summed E-state index contributed by atoms with van der Waals surface area (Å²) in [4.78, 5) is 0. The van der Waals surface area contributed by atoms with Crippen molar-refractivity contribution in [2.24, 2.45) is 0 Å². The smallest absolute Gasteiger partial charge is 0.194 e. The highest BCUT2D eigenvalue weighted by Gasteiger charge is 2.47. The van der Waals surface area contributed by atoms with Crippen molar-refractivity contribution in [2.45, 2.75) is 56.7 Å². The van der Waals surface area contributed by atoms with Crippen LogP contribution >= 0.6 is 0 Å². The molecule has 1 rings (SSSR count). The van der Waals surface area contributed by atoms with Gasteiger partial charge in [0.1, 0.15) is 18.3 Å². The van der Waals surface area contributed by atoms with Crippen molar-refractivity contribution in [1.82, 2.24) is 0 Å². The van der Waals surface area contributed by atoms with Crippen LogP contribution in [0.5, 0.6) is 0 Å². The molecule has 0 radical (unpaired) electrons. The molecule has 1 saturated heterocycles. The first-order chi connectivity index (χ1) is 7.01. The van der Waals surface area contributed by atoms with Crippen LogP contribution in [0, 0.1) is 0 Å². The van der Waals surface area contributed by atoms with Gasteiger partial charge in [0.15, 0.2) is 5.79 Å². The Bertz CT molecular complexity index is 198. The lowest BCUT2D eigenvalue weighted by Crippen LogP contribution is -2.60. The SMILES string of the molecule is CCCCCC1(O)OC[C@@H](O)[C@H](O)[C@H]1O. The van der Waals surface area contributed by atoms with E-state index in [2.05, 4.69) is 0 Å². The highest BCUT2D eigenvalue weighted by molar-refractivity contribution is 4.91. The van der Waals surface area contributed by atoms with E-state index in [1.165, 1.54) is 0 Å². The number of hydrogen-bond donors (Lipinski definition) is 4. The van der Waals surface area contributed by atoms with E-state index in [-0.39, 0.29) is 13.0 Å². The molecule has 15 heavy (non-hydrogen) atoms. The molecular formula is C10H20O5. The highest BCUT2D eigenvalue weighted by Crippen LogP contribution is 2.28. The Morgan fingerprint density at radius 1 is 1.27 bits per heavy atom. The number of rotatable bonds is 4. The van der Waals surface area contributed by atoms with Crippen molar-refractivity contribution >= 4 is 0 Å². The molecule has 0 aromatic heterocycles.